The van der Waals surface area contributed by atoms with Gasteiger partial charge in [-0.2, -0.15) is 18.3 Å². The van der Waals surface area contributed by atoms with Crippen LogP contribution in [0.2, 0.25) is 0 Å². The van der Waals surface area contributed by atoms with Crippen LogP contribution in [0, 0.1) is 6.92 Å². The van der Waals surface area contributed by atoms with Crippen LogP contribution in [0.1, 0.15) is 11.3 Å². The Hall–Kier alpha value is -2.65. The van der Waals surface area contributed by atoms with Gasteiger partial charge in [-0.1, -0.05) is 40.7 Å². The minimum absolute atomic E-state index is 0.231. The van der Waals surface area contributed by atoms with Gasteiger partial charge in [0.05, 0.1) is 11.4 Å². The quantitative estimate of drug-likeness (QED) is 0.507. The lowest BCUT2D eigenvalue weighted by atomic mass is 10.1. The molecule has 3 aromatic rings. The zero-order valence-corrected chi connectivity index (χ0v) is 14.3. The van der Waals surface area contributed by atoms with E-state index in [9.17, 15) is 17.4 Å². The average molecular weight is 380 g/mol. The van der Waals surface area contributed by atoms with Gasteiger partial charge in [-0.3, -0.25) is 0 Å². The van der Waals surface area contributed by atoms with E-state index in [1.54, 1.807) is 24.3 Å². The Morgan fingerprint density at radius 3 is 2.23 bits per heavy atom. The summed E-state index contributed by atoms with van der Waals surface area (Å²) in [6.45, 7) is 1.88. The molecule has 0 atom stereocenters. The van der Waals surface area contributed by atoms with E-state index in [2.05, 4.69) is 9.46 Å². The highest BCUT2D eigenvalue weighted by atomic mass is 32.2. The summed E-state index contributed by atoms with van der Waals surface area (Å²) in [5, 5.41) is 3.69. The summed E-state index contributed by atoms with van der Waals surface area (Å²) in [7, 11) is -2.36. The van der Waals surface area contributed by atoms with Crippen LogP contribution in [0.4, 0.5) is 18.9 Å². The second kappa shape index (κ2) is 6.93. The highest BCUT2D eigenvalue weighted by Gasteiger charge is 2.35. The van der Waals surface area contributed by atoms with Crippen LogP contribution in [0.5, 0.6) is 0 Å². The van der Waals surface area contributed by atoms with Crippen LogP contribution in [0.15, 0.2) is 59.0 Å². The summed E-state index contributed by atoms with van der Waals surface area (Å²) in [5.41, 5.74) is 1.46. The molecule has 5 nitrogen and oxygen atoms in total. The molecule has 0 fully saturated rings. The van der Waals surface area contributed by atoms with E-state index < -0.39 is 22.7 Å². The summed E-state index contributed by atoms with van der Waals surface area (Å²) in [6, 6.07) is 13.9. The third-order valence-corrected chi connectivity index (χ3v) is 3.99. The van der Waals surface area contributed by atoms with Crippen LogP contribution in [-0.2, 0) is 21.3 Å². The predicted molar refractivity (Wildman–Crippen MR) is 91.5 cm³/mol. The molecule has 0 unspecified atom stereocenters. The lowest BCUT2D eigenvalue weighted by Gasteiger charge is -2.09. The zero-order chi connectivity index (χ0) is 18.9. The Labute approximate surface area is 149 Å². The largest absolute Gasteiger partial charge is 0.454 e. The van der Waals surface area contributed by atoms with Crippen LogP contribution in [0.3, 0.4) is 0 Å². The fraction of sp³-hybridized carbons (Fsp3) is 0.118. The number of hydrogen-bond donors (Lipinski definition) is 1. The van der Waals surface area contributed by atoms with Crippen molar-refractivity contribution < 1.29 is 21.9 Å². The van der Waals surface area contributed by atoms with E-state index in [-0.39, 0.29) is 11.4 Å². The molecule has 1 aromatic heterocycles. The van der Waals surface area contributed by atoms with Crippen LogP contribution in [-0.4, -0.2) is 14.3 Å². The molecule has 136 valence electrons. The number of aryl methyl sites for hydroxylation is 1. The van der Waals surface area contributed by atoms with Gasteiger partial charge in [0.15, 0.2) is 5.69 Å². The first kappa shape index (κ1) is 18.2. The van der Waals surface area contributed by atoms with Crippen molar-refractivity contribution in [3.8, 4) is 16.9 Å². The van der Waals surface area contributed by atoms with Crippen molar-refractivity contribution in [2.75, 3.05) is 0 Å². The third-order valence-electron chi connectivity index (χ3n) is 3.62. The molecule has 9 heteroatoms. The number of nitrogens with zero attached hydrogens (tertiary/aromatic N) is 3. The first-order valence-corrected chi connectivity index (χ1v) is 8.48. The maximum absolute atomic E-state index is 13.1. The van der Waals surface area contributed by atoms with E-state index in [1.165, 1.54) is 28.9 Å². The van der Waals surface area contributed by atoms with Gasteiger partial charge in [-0.15, -0.1) is 0 Å². The topological polar surface area (TPSA) is 67.5 Å². The standard InChI is InChI=1S/C17H13F3N3O2S/c1-11-2-4-12(5-3-11)15-10-16(17(18,19)20)21-23(15)14-8-6-13(7-9-14)22-26(24)25/h2-10H,1H3,(H,22,24,25)/q-1. The fourth-order valence-electron chi connectivity index (χ4n) is 2.39. The second-order valence-corrected chi connectivity index (χ2v) is 6.17. The number of halogens is 3. The molecule has 0 aliphatic rings. The molecule has 1 heterocycles. The van der Waals surface area contributed by atoms with Crippen molar-refractivity contribution in [3.63, 3.8) is 0 Å². The van der Waals surface area contributed by atoms with Crippen LogP contribution < -0.4 is 0 Å². The summed E-state index contributed by atoms with van der Waals surface area (Å²) in [4.78, 5) is 0. The Bertz CT molecular complexity index is 1000. The van der Waals surface area contributed by atoms with E-state index in [4.69, 9.17) is 4.55 Å². The molecule has 0 amide bonds. The number of benzene rings is 2. The lowest BCUT2D eigenvalue weighted by Crippen LogP contribution is -2.07. The molecular formula is C17H13F3N3O2S-. The van der Waals surface area contributed by atoms with Gasteiger partial charge in [-0.05, 0) is 37.3 Å². The van der Waals surface area contributed by atoms with Crippen LogP contribution >= 0.6 is 0 Å². The van der Waals surface area contributed by atoms with Gasteiger partial charge in [0.25, 0.3) is 0 Å². The minimum atomic E-state index is -4.58. The van der Waals surface area contributed by atoms with Gasteiger partial charge in [0.1, 0.15) is 0 Å². The van der Waals surface area contributed by atoms with Crippen LogP contribution in [0.25, 0.3) is 16.9 Å². The van der Waals surface area contributed by atoms with Crippen molar-refractivity contribution in [1.82, 2.24) is 9.78 Å². The van der Waals surface area contributed by atoms with Crippen molar-refractivity contribution in [1.29, 1.82) is 0 Å². The zero-order valence-electron chi connectivity index (χ0n) is 13.4. The van der Waals surface area contributed by atoms with Gasteiger partial charge >= 0.3 is 6.18 Å². The SMILES string of the molecule is Cc1ccc(-c2cc(C(F)(F)F)nn2-c2ccc(N=[S-](=O)O)cc2)cc1. The van der Waals surface area contributed by atoms with E-state index >= 15 is 0 Å². The Kier molecular flexibility index (Phi) is 4.84. The summed E-state index contributed by atoms with van der Waals surface area (Å²) in [6.07, 6.45) is -4.58. The summed E-state index contributed by atoms with van der Waals surface area (Å²) < 4.78 is 63.5. The summed E-state index contributed by atoms with van der Waals surface area (Å²) in [5.74, 6) is 0. The Morgan fingerprint density at radius 2 is 1.69 bits per heavy atom. The van der Waals surface area contributed by atoms with Crippen molar-refractivity contribution in [2.45, 2.75) is 13.1 Å². The van der Waals surface area contributed by atoms with Gasteiger partial charge in [0.2, 0.25) is 0 Å². The number of alkyl halides is 3. The molecule has 26 heavy (non-hydrogen) atoms. The summed E-state index contributed by atoms with van der Waals surface area (Å²) >= 11 is 0. The monoisotopic (exact) mass is 380 g/mol. The molecule has 0 saturated carbocycles. The van der Waals surface area contributed by atoms with Crippen molar-refractivity contribution in [3.05, 3.63) is 65.9 Å². The first-order chi connectivity index (χ1) is 12.2. The maximum Gasteiger partial charge on any atom is 0.435 e. The Morgan fingerprint density at radius 1 is 1.08 bits per heavy atom. The van der Waals surface area contributed by atoms with E-state index in [0.717, 1.165) is 11.6 Å². The van der Waals surface area contributed by atoms with Gasteiger partial charge in [-0.25, -0.2) is 4.68 Å². The lowest BCUT2D eigenvalue weighted by molar-refractivity contribution is -0.141. The Balaban J connectivity index is 2.13. The predicted octanol–water partition coefficient (Wildman–Crippen LogP) is 5.12. The molecule has 0 radical (unpaired) electrons. The maximum atomic E-state index is 13.1. The minimum Gasteiger partial charge on any atom is -0.454 e. The smallest absolute Gasteiger partial charge is 0.435 e. The molecule has 2 aromatic carbocycles. The number of aromatic nitrogens is 2. The van der Waals surface area contributed by atoms with Crippen molar-refractivity contribution >= 4 is 16.6 Å². The highest BCUT2D eigenvalue weighted by molar-refractivity contribution is 7.68. The van der Waals surface area contributed by atoms with E-state index in [1.807, 2.05) is 6.92 Å². The molecule has 0 saturated heterocycles. The highest BCUT2D eigenvalue weighted by Crippen LogP contribution is 2.33. The molecule has 0 bridgehead atoms. The second-order valence-electron chi connectivity index (χ2n) is 5.53. The van der Waals surface area contributed by atoms with Gasteiger partial charge in [0, 0.05) is 11.3 Å². The molecule has 0 aliphatic carbocycles. The third kappa shape index (κ3) is 3.94. The molecule has 3 rings (SSSR count). The normalized spacial score (nSPS) is 13.1. The fourth-order valence-corrected chi connectivity index (χ4v) is 2.69. The first-order valence-electron chi connectivity index (χ1n) is 7.41. The number of rotatable bonds is 3. The molecular weight excluding hydrogens is 367 g/mol. The number of hydrogen-bond acceptors (Lipinski definition) is 4. The molecule has 0 spiro atoms. The van der Waals surface area contributed by atoms with Crippen molar-refractivity contribution in [2.24, 2.45) is 4.36 Å². The average Bonchev–Trinajstić information content (AvgIpc) is 3.01. The van der Waals surface area contributed by atoms with E-state index in [0.29, 0.717) is 11.3 Å². The van der Waals surface area contributed by atoms with Gasteiger partial charge < -0.3 is 13.1 Å². The molecule has 1 N–H and O–H groups in total. The molecule has 0 aliphatic heterocycles.